The lowest BCUT2D eigenvalue weighted by molar-refractivity contribution is -0.192. The van der Waals surface area contributed by atoms with E-state index < -0.39 is 78.3 Å². The minimum absolute atomic E-state index is 0.0530. The molecule has 3 aromatic carbocycles. The lowest BCUT2D eigenvalue weighted by atomic mass is 10.0. The van der Waals surface area contributed by atoms with Gasteiger partial charge in [-0.15, -0.1) is 0 Å². The highest BCUT2D eigenvalue weighted by molar-refractivity contribution is 5.98. The Morgan fingerprint density at radius 3 is 1.98 bits per heavy atom. The molecule has 328 valence electrons. The maximum atomic E-state index is 14.0. The number of nitrogens with zero attached hydrogens (tertiary/aromatic N) is 1. The van der Waals surface area contributed by atoms with Crippen LogP contribution in [0.25, 0.3) is 6.08 Å². The number of benzene rings is 3. The van der Waals surface area contributed by atoms with Crippen LogP contribution < -0.4 is 32.7 Å². The first-order chi connectivity index (χ1) is 29.0. The monoisotopic (exact) mass is 853 g/mol. The summed E-state index contributed by atoms with van der Waals surface area (Å²) >= 11 is 0. The molecular formula is C42H50F3N7O9. The quantitative estimate of drug-likeness (QED) is 0.0639. The van der Waals surface area contributed by atoms with E-state index in [0.717, 1.165) is 11.1 Å². The number of halogens is 3. The van der Waals surface area contributed by atoms with Gasteiger partial charge in [0.05, 0.1) is 6.54 Å². The standard InChI is InChI=1S/C40H49N7O7.C2HF3O2/c41-22-8-7-14-31(38(52)46-32(37(42)51)24-28-12-5-2-6-13-28)44-36(50)26-43-39(53)34-15-9-23-47(34)40(54)33(25-29-16-19-30(48)20-17-29)45-35(49)21-18-27-10-3-1-4-11-27;3-2(4,5)1(6)7/h1-6,10-13,16-21,31-34,48H,7-9,14-15,22-26,41H2,(H2,42,51)(H,43,53)(H,44,50)(H,45,49)(H,46,52);(H,6,7). The molecule has 1 saturated heterocycles. The summed E-state index contributed by atoms with van der Waals surface area (Å²) in [5, 5.41) is 27.5. The number of rotatable bonds is 19. The lowest BCUT2D eigenvalue weighted by Crippen LogP contribution is -2.56. The topological polar surface area (TPSA) is 263 Å². The summed E-state index contributed by atoms with van der Waals surface area (Å²) in [5.41, 5.74) is 13.5. The molecule has 19 heteroatoms. The Bertz CT molecular complexity index is 1970. The molecule has 0 aliphatic carbocycles. The number of nitrogens with one attached hydrogen (secondary N) is 4. The van der Waals surface area contributed by atoms with Crippen LogP contribution in [0.15, 0.2) is 91.0 Å². The summed E-state index contributed by atoms with van der Waals surface area (Å²) < 4.78 is 31.7. The van der Waals surface area contributed by atoms with E-state index in [0.29, 0.717) is 37.8 Å². The van der Waals surface area contributed by atoms with Crippen LogP contribution in [0.3, 0.4) is 0 Å². The Balaban J connectivity index is 0.00000130. The Morgan fingerprint density at radius 1 is 0.803 bits per heavy atom. The number of hydrogen-bond acceptors (Lipinski definition) is 9. The van der Waals surface area contributed by atoms with Crippen LogP contribution in [0.4, 0.5) is 13.2 Å². The highest BCUT2D eigenvalue weighted by Gasteiger charge is 2.39. The Morgan fingerprint density at radius 2 is 1.39 bits per heavy atom. The number of carboxylic acids is 1. The molecule has 0 aromatic heterocycles. The zero-order valence-electron chi connectivity index (χ0n) is 33.1. The van der Waals surface area contributed by atoms with Gasteiger partial charge < -0.3 is 47.8 Å². The normalized spacial score (nSPS) is 15.0. The number of carboxylic acid groups (broad SMARTS) is 1. The fraction of sp³-hybridized carbons (Fsp3) is 0.357. The van der Waals surface area contributed by atoms with Gasteiger partial charge in [-0.05, 0) is 73.5 Å². The summed E-state index contributed by atoms with van der Waals surface area (Å²) in [5.74, 6) is -6.20. The van der Waals surface area contributed by atoms with Crippen molar-refractivity contribution >= 4 is 47.5 Å². The first-order valence-corrected chi connectivity index (χ1v) is 19.3. The molecule has 3 aromatic rings. The minimum Gasteiger partial charge on any atom is -0.508 e. The van der Waals surface area contributed by atoms with Crippen LogP contribution in [0.1, 0.15) is 48.8 Å². The van der Waals surface area contributed by atoms with Crippen LogP contribution in [0, 0.1) is 0 Å². The lowest BCUT2D eigenvalue weighted by Gasteiger charge is -2.28. The molecule has 0 spiro atoms. The van der Waals surface area contributed by atoms with Gasteiger partial charge in [-0.3, -0.25) is 28.8 Å². The van der Waals surface area contributed by atoms with Gasteiger partial charge in [0.1, 0.15) is 29.9 Å². The van der Waals surface area contributed by atoms with Crippen LogP contribution in [0.5, 0.6) is 5.75 Å². The fourth-order valence-corrected chi connectivity index (χ4v) is 6.16. The van der Waals surface area contributed by atoms with Crippen molar-refractivity contribution in [1.82, 2.24) is 26.2 Å². The molecule has 61 heavy (non-hydrogen) atoms. The molecule has 1 aliphatic rings. The molecular weight excluding hydrogens is 803 g/mol. The molecule has 6 amide bonds. The number of alkyl halides is 3. The number of amides is 6. The Labute approximate surface area is 349 Å². The predicted octanol–water partition coefficient (Wildman–Crippen LogP) is 1.70. The number of aliphatic carboxylic acids is 1. The van der Waals surface area contributed by atoms with E-state index in [1.165, 1.54) is 23.1 Å². The number of phenols is 1. The fourth-order valence-electron chi connectivity index (χ4n) is 6.16. The number of nitrogens with two attached hydrogens (primary N) is 2. The number of unbranched alkanes of at least 4 members (excludes halogenated alkanes) is 1. The number of carbonyl (C=O) groups is 7. The molecule has 4 rings (SSSR count). The first-order valence-electron chi connectivity index (χ1n) is 19.3. The second-order valence-electron chi connectivity index (χ2n) is 13.9. The predicted molar refractivity (Wildman–Crippen MR) is 217 cm³/mol. The van der Waals surface area contributed by atoms with E-state index in [2.05, 4.69) is 21.3 Å². The van der Waals surface area contributed by atoms with E-state index in [9.17, 15) is 47.0 Å². The molecule has 10 N–H and O–H groups in total. The third-order valence-electron chi connectivity index (χ3n) is 9.26. The summed E-state index contributed by atoms with van der Waals surface area (Å²) in [4.78, 5) is 89.3. The van der Waals surface area contributed by atoms with Crippen molar-refractivity contribution in [1.29, 1.82) is 0 Å². The number of hydrogen-bond donors (Lipinski definition) is 8. The molecule has 0 radical (unpaired) electrons. The first kappa shape index (κ1) is 48.6. The zero-order chi connectivity index (χ0) is 45.0. The Kier molecular flexibility index (Phi) is 19.4. The highest BCUT2D eigenvalue weighted by atomic mass is 19.4. The van der Waals surface area contributed by atoms with Crippen LogP contribution in [-0.4, -0.2) is 107 Å². The SMILES string of the molecule is NCCCCC(NC(=O)CNC(=O)C1CCCN1C(=O)C(Cc1ccc(O)cc1)NC(=O)C=Cc1ccccc1)C(=O)NC(Cc1ccccc1)C(N)=O.O=C(O)C(F)(F)F. The number of phenolic OH excluding ortho intramolecular Hbond substituents is 1. The van der Waals surface area contributed by atoms with Gasteiger partial charge in [-0.2, -0.15) is 13.2 Å². The summed E-state index contributed by atoms with van der Waals surface area (Å²) in [6.07, 6.45) is 0.368. The molecule has 1 heterocycles. The second-order valence-corrected chi connectivity index (χ2v) is 13.9. The van der Waals surface area contributed by atoms with Crippen molar-refractivity contribution in [3.63, 3.8) is 0 Å². The average molecular weight is 854 g/mol. The van der Waals surface area contributed by atoms with Crippen molar-refractivity contribution in [2.24, 2.45) is 11.5 Å². The molecule has 0 bridgehead atoms. The van der Waals surface area contributed by atoms with E-state index in [1.807, 2.05) is 36.4 Å². The van der Waals surface area contributed by atoms with Crippen molar-refractivity contribution < 1.29 is 56.9 Å². The smallest absolute Gasteiger partial charge is 0.490 e. The van der Waals surface area contributed by atoms with Gasteiger partial charge in [0.15, 0.2) is 0 Å². The van der Waals surface area contributed by atoms with Gasteiger partial charge in [0.25, 0.3) is 0 Å². The molecule has 4 unspecified atom stereocenters. The van der Waals surface area contributed by atoms with Gasteiger partial charge in [0.2, 0.25) is 35.4 Å². The van der Waals surface area contributed by atoms with Crippen LogP contribution in [0.2, 0.25) is 0 Å². The van der Waals surface area contributed by atoms with Gasteiger partial charge >= 0.3 is 12.1 Å². The summed E-state index contributed by atoms with van der Waals surface area (Å²) in [6, 6.07) is 20.5. The largest absolute Gasteiger partial charge is 0.508 e. The third-order valence-corrected chi connectivity index (χ3v) is 9.26. The average Bonchev–Trinajstić information content (AvgIpc) is 3.73. The van der Waals surface area contributed by atoms with E-state index in [4.69, 9.17) is 21.4 Å². The Hall–Kier alpha value is -6.76. The van der Waals surface area contributed by atoms with E-state index in [1.54, 1.807) is 42.5 Å². The summed E-state index contributed by atoms with van der Waals surface area (Å²) in [7, 11) is 0. The van der Waals surface area contributed by atoms with E-state index in [-0.39, 0.29) is 31.6 Å². The van der Waals surface area contributed by atoms with Crippen molar-refractivity contribution in [2.45, 2.75) is 75.3 Å². The molecule has 1 aliphatic heterocycles. The summed E-state index contributed by atoms with van der Waals surface area (Å²) in [6.45, 7) is 0.175. The van der Waals surface area contributed by atoms with Crippen molar-refractivity contribution in [3.05, 3.63) is 108 Å². The number of aromatic hydroxyl groups is 1. The second kappa shape index (κ2) is 24.4. The molecule has 4 atom stereocenters. The van der Waals surface area contributed by atoms with Crippen LogP contribution >= 0.6 is 0 Å². The van der Waals surface area contributed by atoms with E-state index >= 15 is 0 Å². The van der Waals surface area contributed by atoms with Crippen molar-refractivity contribution in [2.75, 3.05) is 19.6 Å². The molecule has 1 fully saturated rings. The minimum atomic E-state index is -5.08. The number of carbonyl (C=O) groups excluding carboxylic acids is 6. The molecule has 16 nitrogen and oxygen atoms in total. The maximum absolute atomic E-state index is 14.0. The maximum Gasteiger partial charge on any atom is 0.490 e. The number of likely N-dealkylation sites (tertiary alicyclic amines) is 1. The van der Waals surface area contributed by atoms with Crippen LogP contribution in [-0.2, 0) is 46.4 Å². The zero-order valence-corrected chi connectivity index (χ0v) is 33.1. The van der Waals surface area contributed by atoms with Gasteiger partial charge in [-0.1, -0.05) is 72.8 Å². The highest BCUT2D eigenvalue weighted by Crippen LogP contribution is 2.21. The molecule has 0 saturated carbocycles. The number of primary amides is 1. The van der Waals surface area contributed by atoms with Gasteiger partial charge in [0, 0.05) is 25.5 Å². The van der Waals surface area contributed by atoms with Gasteiger partial charge in [-0.25, -0.2) is 4.79 Å². The third kappa shape index (κ3) is 17.2. The van der Waals surface area contributed by atoms with Crippen molar-refractivity contribution in [3.8, 4) is 5.75 Å².